The first-order chi connectivity index (χ1) is 10.0. The number of hydrogen-bond acceptors (Lipinski definition) is 7. The molecule has 10 heteroatoms. The number of nitro benzene ring substituents is 1. The minimum absolute atomic E-state index is 0.0396. The number of rotatable bonds is 5. The summed E-state index contributed by atoms with van der Waals surface area (Å²) < 4.78 is 0. The molecule has 1 atom stereocenters. The number of carbonyl (C=O) groups is 1. The molecule has 0 aliphatic rings. The summed E-state index contributed by atoms with van der Waals surface area (Å²) in [6.45, 7) is 1.65. The molecule has 110 valence electrons. The number of aromatic nitrogens is 4. The third-order valence-electron chi connectivity index (χ3n) is 2.82. The van der Waals surface area contributed by atoms with Crippen LogP contribution in [0.2, 0.25) is 0 Å². The first-order valence-corrected chi connectivity index (χ1v) is 6.03. The van der Waals surface area contributed by atoms with Crippen LogP contribution < -0.4 is 10.6 Å². The molecule has 1 aromatic heterocycles. The Morgan fingerprint density at radius 2 is 2.24 bits per heavy atom. The number of hydrogen-bond donors (Lipinski definition) is 3. The van der Waals surface area contributed by atoms with E-state index in [1.165, 1.54) is 18.2 Å². The molecule has 0 bridgehead atoms. The van der Waals surface area contributed by atoms with E-state index in [9.17, 15) is 14.9 Å². The van der Waals surface area contributed by atoms with Crippen molar-refractivity contribution in [3.63, 3.8) is 0 Å². The topological polar surface area (TPSA) is 139 Å². The van der Waals surface area contributed by atoms with E-state index in [1.807, 2.05) is 0 Å². The Morgan fingerprint density at radius 3 is 2.81 bits per heavy atom. The number of benzene rings is 1. The Bertz CT molecular complexity index is 656. The number of aromatic amines is 1. The molecule has 1 amide bonds. The Kier molecular flexibility index (Phi) is 4.07. The zero-order chi connectivity index (χ0) is 15.4. The van der Waals surface area contributed by atoms with Crippen LogP contribution in [0.5, 0.6) is 0 Å². The van der Waals surface area contributed by atoms with Gasteiger partial charge < -0.3 is 10.6 Å². The van der Waals surface area contributed by atoms with Crippen molar-refractivity contribution in [1.82, 2.24) is 25.9 Å². The first kappa shape index (κ1) is 14.4. The summed E-state index contributed by atoms with van der Waals surface area (Å²) in [5, 5.41) is 29.6. The normalized spacial score (nSPS) is 11.7. The van der Waals surface area contributed by atoms with Gasteiger partial charge in [0.05, 0.1) is 11.0 Å². The molecule has 10 nitrogen and oxygen atoms in total. The predicted molar refractivity (Wildman–Crippen MR) is 72.7 cm³/mol. The highest BCUT2D eigenvalue weighted by molar-refractivity contribution is 5.99. The Balaban J connectivity index is 2.27. The Hall–Kier alpha value is -3.04. The zero-order valence-corrected chi connectivity index (χ0v) is 11.3. The lowest BCUT2D eigenvalue weighted by atomic mass is 10.1. The molecule has 1 heterocycles. The highest BCUT2D eigenvalue weighted by Gasteiger charge is 2.23. The maximum Gasteiger partial charge on any atom is 0.282 e. The zero-order valence-electron chi connectivity index (χ0n) is 11.3. The number of nitrogens with one attached hydrogen (secondary N) is 3. The number of anilines is 1. The fourth-order valence-electron chi connectivity index (χ4n) is 1.72. The van der Waals surface area contributed by atoms with E-state index in [1.54, 1.807) is 14.0 Å². The quantitative estimate of drug-likeness (QED) is 0.542. The summed E-state index contributed by atoms with van der Waals surface area (Å²) in [6, 6.07) is 3.68. The SMILES string of the molecule is CNc1ccc([N+](=O)[O-])c(C(=O)NC(C)c2nn[nH]n2)c1. The molecule has 0 aliphatic carbocycles. The fourth-order valence-corrected chi connectivity index (χ4v) is 1.72. The van der Waals surface area contributed by atoms with Gasteiger partial charge in [-0.25, -0.2) is 0 Å². The van der Waals surface area contributed by atoms with Crippen LogP contribution in [0, 0.1) is 10.1 Å². The van der Waals surface area contributed by atoms with Gasteiger partial charge in [0.15, 0.2) is 5.82 Å². The van der Waals surface area contributed by atoms with E-state index in [2.05, 4.69) is 31.3 Å². The van der Waals surface area contributed by atoms with Gasteiger partial charge in [-0.1, -0.05) is 5.21 Å². The second-order valence-electron chi connectivity index (χ2n) is 4.20. The minimum Gasteiger partial charge on any atom is -0.388 e. The predicted octanol–water partition coefficient (Wildman–Crippen LogP) is 0.641. The average Bonchev–Trinajstić information content (AvgIpc) is 3.00. The van der Waals surface area contributed by atoms with Crippen molar-refractivity contribution in [3.05, 3.63) is 39.7 Å². The molecule has 0 radical (unpaired) electrons. The average molecular weight is 291 g/mol. The second kappa shape index (κ2) is 5.94. The van der Waals surface area contributed by atoms with E-state index < -0.39 is 16.9 Å². The third kappa shape index (κ3) is 3.11. The van der Waals surface area contributed by atoms with Gasteiger partial charge in [0.25, 0.3) is 11.6 Å². The molecule has 0 spiro atoms. The lowest BCUT2D eigenvalue weighted by molar-refractivity contribution is -0.385. The number of tetrazole rings is 1. The molecule has 2 aromatic rings. The molecule has 1 unspecified atom stereocenters. The van der Waals surface area contributed by atoms with Crippen LogP contribution in [0.15, 0.2) is 18.2 Å². The van der Waals surface area contributed by atoms with Crippen LogP contribution in [0.25, 0.3) is 0 Å². The molecule has 0 aliphatic heterocycles. The summed E-state index contributed by atoms with van der Waals surface area (Å²) in [6.07, 6.45) is 0. The van der Waals surface area contributed by atoms with Crippen molar-refractivity contribution < 1.29 is 9.72 Å². The van der Waals surface area contributed by atoms with Gasteiger partial charge in [0.1, 0.15) is 5.56 Å². The minimum atomic E-state index is -0.604. The number of amides is 1. The molecule has 21 heavy (non-hydrogen) atoms. The largest absolute Gasteiger partial charge is 0.388 e. The number of nitro groups is 1. The molecule has 3 N–H and O–H groups in total. The fraction of sp³-hybridized carbons (Fsp3) is 0.273. The smallest absolute Gasteiger partial charge is 0.282 e. The lowest BCUT2D eigenvalue weighted by Crippen LogP contribution is -2.28. The van der Waals surface area contributed by atoms with Gasteiger partial charge in [0.2, 0.25) is 0 Å². The number of H-pyrrole nitrogens is 1. The van der Waals surface area contributed by atoms with Gasteiger partial charge in [-0.15, -0.1) is 10.2 Å². The van der Waals surface area contributed by atoms with E-state index in [-0.39, 0.29) is 17.1 Å². The standard InChI is InChI=1S/C11H13N7O3/c1-6(10-14-16-17-15-10)13-11(19)8-5-7(12-2)3-4-9(8)18(20)21/h3-6,12H,1-2H3,(H,13,19)(H,14,15,16,17). The van der Waals surface area contributed by atoms with Gasteiger partial charge in [-0.3, -0.25) is 14.9 Å². The summed E-state index contributed by atoms with van der Waals surface area (Å²) in [7, 11) is 1.66. The maximum atomic E-state index is 12.2. The van der Waals surface area contributed by atoms with Gasteiger partial charge in [-0.2, -0.15) is 5.21 Å². The maximum absolute atomic E-state index is 12.2. The molecule has 0 fully saturated rings. The van der Waals surface area contributed by atoms with Crippen molar-refractivity contribution in [2.75, 3.05) is 12.4 Å². The van der Waals surface area contributed by atoms with Gasteiger partial charge in [0, 0.05) is 18.8 Å². The molecule has 0 saturated heterocycles. The van der Waals surface area contributed by atoms with E-state index in [0.717, 1.165) is 0 Å². The van der Waals surface area contributed by atoms with Crippen LogP contribution in [0.3, 0.4) is 0 Å². The Morgan fingerprint density at radius 1 is 1.48 bits per heavy atom. The first-order valence-electron chi connectivity index (χ1n) is 6.03. The van der Waals surface area contributed by atoms with Gasteiger partial charge in [-0.05, 0) is 19.1 Å². The van der Waals surface area contributed by atoms with Crippen LogP contribution in [-0.4, -0.2) is 38.5 Å². The van der Waals surface area contributed by atoms with E-state index in [0.29, 0.717) is 5.69 Å². The van der Waals surface area contributed by atoms with Crippen molar-refractivity contribution in [3.8, 4) is 0 Å². The van der Waals surface area contributed by atoms with E-state index >= 15 is 0 Å². The van der Waals surface area contributed by atoms with Crippen LogP contribution in [0.4, 0.5) is 11.4 Å². The van der Waals surface area contributed by atoms with Crippen LogP contribution in [0.1, 0.15) is 29.1 Å². The molecule has 0 saturated carbocycles. The Labute approximate surface area is 119 Å². The molecular weight excluding hydrogens is 278 g/mol. The third-order valence-corrected chi connectivity index (χ3v) is 2.82. The van der Waals surface area contributed by atoms with Crippen LogP contribution in [-0.2, 0) is 0 Å². The highest BCUT2D eigenvalue weighted by atomic mass is 16.6. The van der Waals surface area contributed by atoms with Crippen molar-refractivity contribution >= 4 is 17.3 Å². The van der Waals surface area contributed by atoms with Crippen molar-refractivity contribution in [2.24, 2.45) is 0 Å². The lowest BCUT2D eigenvalue weighted by Gasteiger charge is -2.11. The van der Waals surface area contributed by atoms with Crippen molar-refractivity contribution in [1.29, 1.82) is 0 Å². The van der Waals surface area contributed by atoms with Crippen molar-refractivity contribution in [2.45, 2.75) is 13.0 Å². The highest BCUT2D eigenvalue weighted by Crippen LogP contribution is 2.23. The molecule has 2 rings (SSSR count). The summed E-state index contributed by atoms with van der Waals surface area (Å²) >= 11 is 0. The summed E-state index contributed by atoms with van der Waals surface area (Å²) in [5.74, 6) is -0.299. The van der Waals surface area contributed by atoms with E-state index in [4.69, 9.17) is 0 Å². The second-order valence-corrected chi connectivity index (χ2v) is 4.20. The summed E-state index contributed by atoms with van der Waals surface area (Å²) in [5.41, 5.74) is 0.284. The number of nitrogens with zero attached hydrogens (tertiary/aromatic N) is 4. The van der Waals surface area contributed by atoms with Crippen LogP contribution >= 0.6 is 0 Å². The molecule has 1 aromatic carbocycles. The van der Waals surface area contributed by atoms with Gasteiger partial charge >= 0.3 is 0 Å². The number of carbonyl (C=O) groups excluding carboxylic acids is 1. The monoisotopic (exact) mass is 291 g/mol. The molecular formula is C11H13N7O3. The summed E-state index contributed by atoms with van der Waals surface area (Å²) in [4.78, 5) is 22.6.